The van der Waals surface area contributed by atoms with Crippen molar-refractivity contribution >= 4 is 47.1 Å². The molecule has 1 atom stereocenters. The van der Waals surface area contributed by atoms with E-state index in [2.05, 4.69) is 51.2 Å². The molecule has 0 radical (unpaired) electrons. The van der Waals surface area contributed by atoms with Crippen molar-refractivity contribution in [3.63, 3.8) is 0 Å². The number of halogens is 1. The van der Waals surface area contributed by atoms with Gasteiger partial charge in [-0.15, -0.1) is 35.3 Å². The monoisotopic (exact) mass is 563 g/mol. The highest BCUT2D eigenvalue weighted by Crippen LogP contribution is 2.21. The largest absolute Gasteiger partial charge is 0.382 e. The number of guanidine groups is 1. The summed E-state index contributed by atoms with van der Waals surface area (Å²) in [5.41, 5.74) is 8.19. The molecule has 0 aliphatic heterocycles. The molecule has 3 rings (SSSR count). The SMILES string of the molecule is CN=C(NCCCc1nn(-c2ccccc2)c(N)c1C#N)NCC(C)Cc1cccs1.I. The Kier molecular flexibility index (Phi) is 10.5. The van der Waals surface area contributed by atoms with Crippen LogP contribution >= 0.6 is 35.3 Å². The van der Waals surface area contributed by atoms with Gasteiger partial charge in [-0.2, -0.15) is 10.4 Å². The second-order valence-electron chi connectivity index (χ2n) is 7.44. The first-order chi connectivity index (χ1) is 15.1. The number of hydrogen-bond acceptors (Lipinski definition) is 5. The Bertz CT molecular complexity index is 1020. The number of aliphatic imine (C=N–C) groups is 1. The van der Waals surface area contributed by atoms with Gasteiger partial charge < -0.3 is 16.4 Å². The lowest BCUT2D eigenvalue weighted by atomic mass is 10.1. The number of anilines is 1. The summed E-state index contributed by atoms with van der Waals surface area (Å²) in [5.74, 6) is 1.68. The molecule has 0 aliphatic carbocycles. The van der Waals surface area contributed by atoms with Gasteiger partial charge in [0.05, 0.1) is 11.4 Å². The normalized spacial score (nSPS) is 12.0. The fourth-order valence-electron chi connectivity index (χ4n) is 3.34. The molecule has 2 aromatic heterocycles. The number of rotatable bonds is 9. The van der Waals surface area contributed by atoms with Crippen LogP contribution in [-0.4, -0.2) is 35.9 Å². The van der Waals surface area contributed by atoms with Gasteiger partial charge in [0.1, 0.15) is 17.5 Å². The van der Waals surface area contributed by atoms with E-state index in [1.165, 1.54) is 4.88 Å². The summed E-state index contributed by atoms with van der Waals surface area (Å²) in [7, 11) is 1.77. The van der Waals surface area contributed by atoms with E-state index < -0.39 is 0 Å². The van der Waals surface area contributed by atoms with Crippen molar-refractivity contribution < 1.29 is 0 Å². The molecule has 0 aliphatic rings. The van der Waals surface area contributed by atoms with E-state index in [-0.39, 0.29) is 24.0 Å². The van der Waals surface area contributed by atoms with E-state index in [1.807, 2.05) is 30.3 Å². The molecule has 9 heteroatoms. The van der Waals surface area contributed by atoms with Gasteiger partial charge in [-0.3, -0.25) is 4.99 Å². The Labute approximate surface area is 210 Å². The predicted octanol–water partition coefficient (Wildman–Crippen LogP) is 3.98. The van der Waals surface area contributed by atoms with Crippen LogP contribution in [0.25, 0.3) is 5.69 Å². The van der Waals surface area contributed by atoms with Crippen molar-refractivity contribution in [1.82, 2.24) is 20.4 Å². The molecule has 4 N–H and O–H groups in total. The van der Waals surface area contributed by atoms with Gasteiger partial charge in [0.15, 0.2) is 5.96 Å². The van der Waals surface area contributed by atoms with Crippen LogP contribution in [0.3, 0.4) is 0 Å². The summed E-state index contributed by atoms with van der Waals surface area (Å²) in [6.07, 6.45) is 2.53. The Balaban J connectivity index is 0.00000363. The zero-order chi connectivity index (χ0) is 22.1. The van der Waals surface area contributed by atoms with Crippen LogP contribution in [0.1, 0.15) is 29.5 Å². The van der Waals surface area contributed by atoms with Gasteiger partial charge in [0.25, 0.3) is 0 Å². The minimum atomic E-state index is 0. The summed E-state index contributed by atoms with van der Waals surface area (Å²) in [5, 5.41) is 22.9. The number of hydrogen-bond donors (Lipinski definition) is 3. The number of benzene rings is 1. The summed E-state index contributed by atoms with van der Waals surface area (Å²) in [4.78, 5) is 5.70. The van der Waals surface area contributed by atoms with Crippen molar-refractivity contribution in [2.24, 2.45) is 10.9 Å². The molecule has 0 bridgehead atoms. The smallest absolute Gasteiger partial charge is 0.190 e. The van der Waals surface area contributed by atoms with Crippen molar-refractivity contribution in [3.05, 3.63) is 64.0 Å². The molecular weight excluding hydrogens is 533 g/mol. The number of nitriles is 1. The number of nitrogens with zero attached hydrogens (tertiary/aromatic N) is 4. The molecule has 170 valence electrons. The van der Waals surface area contributed by atoms with Gasteiger partial charge >= 0.3 is 0 Å². The van der Waals surface area contributed by atoms with E-state index in [1.54, 1.807) is 23.1 Å². The minimum absolute atomic E-state index is 0. The van der Waals surface area contributed by atoms with Crippen LogP contribution in [0.5, 0.6) is 0 Å². The molecule has 2 heterocycles. The molecule has 0 saturated heterocycles. The predicted molar refractivity (Wildman–Crippen MR) is 143 cm³/mol. The molecule has 0 fully saturated rings. The Hall–Kier alpha value is -2.58. The lowest BCUT2D eigenvalue weighted by Gasteiger charge is -2.15. The van der Waals surface area contributed by atoms with Crippen LogP contribution in [0.2, 0.25) is 0 Å². The van der Waals surface area contributed by atoms with Crippen molar-refractivity contribution in [3.8, 4) is 11.8 Å². The number of nitrogens with two attached hydrogens (primary N) is 1. The zero-order valence-corrected chi connectivity index (χ0v) is 21.6. The average Bonchev–Trinajstić information content (AvgIpc) is 3.41. The molecule has 0 saturated carbocycles. The maximum Gasteiger partial charge on any atom is 0.190 e. The molecule has 0 spiro atoms. The molecule has 0 amide bonds. The number of nitrogen functional groups attached to an aromatic ring is 1. The first kappa shape index (κ1) is 25.7. The average molecular weight is 564 g/mol. The van der Waals surface area contributed by atoms with Crippen LogP contribution in [0.4, 0.5) is 5.82 Å². The van der Waals surface area contributed by atoms with E-state index in [0.717, 1.165) is 43.3 Å². The third-order valence-electron chi connectivity index (χ3n) is 4.96. The Morgan fingerprint density at radius 1 is 1.25 bits per heavy atom. The highest BCUT2D eigenvalue weighted by molar-refractivity contribution is 14.0. The lowest BCUT2D eigenvalue weighted by Crippen LogP contribution is -2.40. The fraction of sp³-hybridized carbons (Fsp3) is 0.348. The molecule has 7 nitrogen and oxygen atoms in total. The van der Waals surface area contributed by atoms with Crippen molar-refractivity contribution in [1.29, 1.82) is 5.26 Å². The summed E-state index contributed by atoms with van der Waals surface area (Å²) in [6.45, 7) is 3.81. The number of thiophene rings is 1. The summed E-state index contributed by atoms with van der Waals surface area (Å²) >= 11 is 1.80. The summed E-state index contributed by atoms with van der Waals surface area (Å²) in [6, 6.07) is 16.1. The van der Waals surface area contributed by atoms with Crippen LogP contribution in [0.15, 0.2) is 52.8 Å². The second-order valence-corrected chi connectivity index (χ2v) is 8.47. The zero-order valence-electron chi connectivity index (χ0n) is 18.4. The number of para-hydroxylation sites is 1. The Morgan fingerprint density at radius 2 is 2.03 bits per heavy atom. The number of aromatic nitrogens is 2. The maximum absolute atomic E-state index is 9.53. The second kappa shape index (κ2) is 13.1. The topological polar surface area (TPSA) is 104 Å². The van der Waals surface area contributed by atoms with Crippen molar-refractivity contribution in [2.45, 2.75) is 26.2 Å². The standard InChI is InChI=1S/C23H29N7S.HI/c1-17(14-19-10-7-13-31-19)16-28-23(26-2)27-12-6-11-21-20(15-24)22(25)30(29-21)18-8-4-3-5-9-18;/h3-5,7-10,13,17H,6,11-12,14,16,25H2,1-2H3,(H2,26,27,28);1H. The highest BCUT2D eigenvalue weighted by atomic mass is 127. The first-order valence-electron chi connectivity index (χ1n) is 10.4. The van der Waals surface area contributed by atoms with Gasteiger partial charge in [-0.1, -0.05) is 31.2 Å². The van der Waals surface area contributed by atoms with E-state index in [4.69, 9.17) is 5.73 Å². The maximum atomic E-state index is 9.53. The third kappa shape index (κ3) is 6.97. The van der Waals surface area contributed by atoms with E-state index >= 15 is 0 Å². The number of nitrogens with one attached hydrogen (secondary N) is 2. The Morgan fingerprint density at radius 3 is 2.69 bits per heavy atom. The van der Waals surface area contributed by atoms with Gasteiger partial charge in [0.2, 0.25) is 0 Å². The fourth-order valence-corrected chi connectivity index (χ4v) is 4.21. The van der Waals surface area contributed by atoms with Crippen LogP contribution in [-0.2, 0) is 12.8 Å². The molecule has 3 aromatic rings. The quantitative estimate of drug-likeness (QED) is 0.158. The van der Waals surface area contributed by atoms with Crippen LogP contribution < -0.4 is 16.4 Å². The molecule has 32 heavy (non-hydrogen) atoms. The van der Waals surface area contributed by atoms with Gasteiger partial charge in [0, 0.05) is 25.0 Å². The van der Waals surface area contributed by atoms with Crippen LogP contribution in [0, 0.1) is 17.2 Å². The number of aryl methyl sites for hydroxylation is 1. The molecule has 1 unspecified atom stereocenters. The minimum Gasteiger partial charge on any atom is -0.382 e. The summed E-state index contributed by atoms with van der Waals surface area (Å²) < 4.78 is 1.64. The van der Waals surface area contributed by atoms with Gasteiger partial charge in [-0.05, 0) is 48.8 Å². The third-order valence-corrected chi connectivity index (χ3v) is 5.86. The van der Waals surface area contributed by atoms with E-state index in [0.29, 0.717) is 23.7 Å². The first-order valence-corrected chi connectivity index (χ1v) is 11.3. The molecule has 1 aromatic carbocycles. The highest BCUT2D eigenvalue weighted by Gasteiger charge is 2.16. The van der Waals surface area contributed by atoms with Gasteiger partial charge in [-0.25, -0.2) is 4.68 Å². The van der Waals surface area contributed by atoms with Crippen molar-refractivity contribution in [2.75, 3.05) is 25.9 Å². The molecular formula is C23H30IN7S. The van der Waals surface area contributed by atoms with E-state index in [9.17, 15) is 5.26 Å². The lowest BCUT2D eigenvalue weighted by molar-refractivity contribution is 0.561.